The van der Waals surface area contributed by atoms with E-state index in [0.717, 1.165) is 3.57 Å². The van der Waals surface area contributed by atoms with E-state index in [4.69, 9.17) is 14.2 Å². The highest BCUT2D eigenvalue weighted by molar-refractivity contribution is 14.1. The zero-order valence-corrected chi connectivity index (χ0v) is 16.4. The molecule has 0 amide bonds. The van der Waals surface area contributed by atoms with Gasteiger partial charge in [0.1, 0.15) is 11.5 Å². The van der Waals surface area contributed by atoms with Crippen LogP contribution >= 0.6 is 22.6 Å². The van der Waals surface area contributed by atoms with E-state index in [2.05, 4.69) is 22.6 Å². The Hall–Kier alpha value is -2.09. The third-order valence-corrected chi connectivity index (χ3v) is 4.08. The van der Waals surface area contributed by atoms with Gasteiger partial charge in [0.2, 0.25) is 0 Å². The molecule has 0 bridgehead atoms. The molecule has 0 fully saturated rings. The lowest BCUT2D eigenvalue weighted by Gasteiger charge is -2.09. The van der Waals surface area contributed by atoms with E-state index in [1.165, 1.54) is 0 Å². The number of esters is 2. The molecule has 0 N–H and O–H groups in total. The molecule has 0 unspecified atom stereocenters. The number of hydrogen-bond donors (Lipinski definition) is 0. The largest absolute Gasteiger partial charge is 0.496 e. The van der Waals surface area contributed by atoms with E-state index in [1.807, 2.05) is 13.8 Å². The number of hydrogen-bond acceptors (Lipinski definition) is 5. The van der Waals surface area contributed by atoms with Crippen molar-refractivity contribution in [3.05, 3.63) is 57.2 Å². The summed E-state index contributed by atoms with van der Waals surface area (Å²) in [5.41, 5.74) is 0.838. The average Bonchev–Trinajstić information content (AvgIpc) is 2.60. The minimum atomic E-state index is -0.476. The molecule has 0 radical (unpaired) electrons. The van der Waals surface area contributed by atoms with E-state index < -0.39 is 11.9 Å². The van der Waals surface area contributed by atoms with Gasteiger partial charge in [-0.25, -0.2) is 9.59 Å². The fourth-order valence-corrected chi connectivity index (χ4v) is 2.68. The first-order valence-electron chi connectivity index (χ1n) is 7.73. The van der Waals surface area contributed by atoms with E-state index in [1.54, 1.807) is 49.6 Å². The maximum atomic E-state index is 12.2. The van der Waals surface area contributed by atoms with Gasteiger partial charge in [-0.2, -0.15) is 0 Å². The highest BCUT2D eigenvalue weighted by atomic mass is 127. The van der Waals surface area contributed by atoms with Crippen molar-refractivity contribution in [3.8, 4) is 11.5 Å². The van der Waals surface area contributed by atoms with E-state index in [0.29, 0.717) is 29.2 Å². The number of carbonyl (C=O) groups excluding carboxylic acids is 2. The molecule has 0 saturated heterocycles. The lowest BCUT2D eigenvalue weighted by molar-refractivity contribution is 0.0459. The molecule has 0 aliphatic carbocycles. The van der Waals surface area contributed by atoms with Crippen molar-refractivity contribution in [3.63, 3.8) is 0 Å². The Morgan fingerprint density at radius 2 is 1.64 bits per heavy atom. The minimum Gasteiger partial charge on any atom is -0.496 e. The van der Waals surface area contributed by atoms with Crippen molar-refractivity contribution >= 4 is 34.5 Å². The lowest BCUT2D eigenvalue weighted by Crippen LogP contribution is -2.11. The SMILES string of the molecule is COc1ccc(C(=O)Oc2ccc(C(=O)OCC(C)C)cc2)cc1I. The molecule has 132 valence electrons. The van der Waals surface area contributed by atoms with Crippen LogP contribution in [0.5, 0.6) is 11.5 Å². The van der Waals surface area contributed by atoms with Crippen LogP contribution in [0.25, 0.3) is 0 Å². The summed E-state index contributed by atoms with van der Waals surface area (Å²) in [6.07, 6.45) is 0. The molecular weight excluding hydrogens is 435 g/mol. The Balaban J connectivity index is 2.02. The predicted molar refractivity (Wildman–Crippen MR) is 102 cm³/mol. The summed E-state index contributed by atoms with van der Waals surface area (Å²) in [6, 6.07) is 11.3. The fourth-order valence-electron chi connectivity index (χ4n) is 1.94. The first-order chi connectivity index (χ1) is 11.9. The van der Waals surface area contributed by atoms with Gasteiger partial charge in [0.15, 0.2) is 0 Å². The second-order valence-electron chi connectivity index (χ2n) is 5.76. The first-order valence-corrected chi connectivity index (χ1v) is 8.81. The second-order valence-corrected chi connectivity index (χ2v) is 6.92. The number of rotatable bonds is 6. The molecule has 2 aromatic rings. The summed E-state index contributed by atoms with van der Waals surface area (Å²) in [7, 11) is 1.57. The van der Waals surface area contributed by atoms with Crippen molar-refractivity contribution in [2.75, 3.05) is 13.7 Å². The van der Waals surface area contributed by atoms with Crippen LogP contribution in [-0.2, 0) is 4.74 Å². The fraction of sp³-hybridized carbons (Fsp3) is 0.263. The van der Waals surface area contributed by atoms with E-state index in [-0.39, 0.29) is 5.92 Å². The first kappa shape index (κ1) is 19.2. The van der Waals surface area contributed by atoms with Gasteiger partial charge in [0.25, 0.3) is 0 Å². The lowest BCUT2D eigenvalue weighted by atomic mass is 10.2. The number of ether oxygens (including phenoxy) is 3. The van der Waals surface area contributed by atoms with E-state index >= 15 is 0 Å². The zero-order valence-electron chi connectivity index (χ0n) is 14.2. The Kier molecular flexibility index (Phi) is 6.81. The van der Waals surface area contributed by atoms with Gasteiger partial charge in [-0.3, -0.25) is 0 Å². The molecule has 0 aliphatic heterocycles. The minimum absolute atomic E-state index is 0.275. The Bertz CT molecular complexity index is 753. The molecule has 0 saturated carbocycles. The maximum absolute atomic E-state index is 12.2. The second kappa shape index (κ2) is 8.84. The average molecular weight is 454 g/mol. The number of methoxy groups -OCH3 is 1. The summed E-state index contributed by atoms with van der Waals surface area (Å²) in [5.74, 6) is 0.459. The summed E-state index contributed by atoms with van der Waals surface area (Å²) in [4.78, 5) is 24.1. The Morgan fingerprint density at radius 3 is 2.20 bits per heavy atom. The third kappa shape index (κ3) is 5.45. The highest BCUT2D eigenvalue weighted by Gasteiger charge is 2.13. The number of carbonyl (C=O) groups is 2. The summed E-state index contributed by atoms with van der Waals surface area (Å²) >= 11 is 2.09. The molecule has 2 rings (SSSR count). The van der Waals surface area contributed by atoms with Crippen LogP contribution in [0.3, 0.4) is 0 Å². The molecule has 2 aromatic carbocycles. The van der Waals surface area contributed by atoms with Gasteiger partial charge in [-0.1, -0.05) is 13.8 Å². The van der Waals surface area contributed by atoms with Crippen molar-refractivity contribution in [2.45, 2.75) is 13.8 Å². The molecule has 0 heterocycles. The third-order valence-electron chi connectivity index (χ3n) is 3.24. The summed E-state index contributed by atoms with van der Waals surface area (Å²) in [5, 5.41) is 0. The van der Waals surface area contributed by atoms with Crippen molar-refractivity contribution in [1.82, 2.24) is 0 Å². The smallest absolute Gasteiger partial charge is 0.343 e. The molecule has 0 atom stereocenters. The topological polar surface area (TPSA) is 61.8 Å². The van der Waals surface area contributed by atoms with Crippen LogP contribution in [0.15, 0.2) is 42.5 Å². The monoisotopic (exact) mass is 454 g/mol. The molecular formula is C19H19IO5. The highest BCUT2D eigenvalue weighted by Crippen LogP contribution is 2.23. The van der Waals surface area contributed by atoms with Crippen molar-refractivity contribution < 1.29 is 23.8 Å². The molecule has 0 aromatic heterocycles. The van der Waals surface area contributed by atoms with Gasteiger partial charge in [0.05, 0.1) is 28.4 Å². The molecule has 0 aliphatic rings. The molecule has 6 heteroatoms. The van der Waals surface area contributed by atoms with Crippen LogP contribution in [0.4, 0.5) is 0 Å². The Morgan fingerprint density at radius 1 is 1.00 bits per heavy atom. The van der Waals surface area contributed by atoms with Crippen LogP contribution in [-0.4, -0.2) is 25.7 Å². The van der Waals surface area contributed by atoms with Crippen LogP contribution in [0.2, 0.25) is 0 Å². The van der Waals surface area contributed by atoms with Crippen LogP contribution < -0.4 is 9.47 Å². The Labute approximate surface area is 160 Å². The van der Waals surface area contributed by atoms with Crippen molar-refractivity contribution in [1.29, 1.82) is 0 Å². The van der Waals surface area contributed by atoms with Crippen molar-refractivity contribution in [2.24, 2.45) is 5.92 Å². The van der Waals surface area contributed by atoms with Gasteiger partial charge >= 0.3 is 11.9 Å². The van der Waals surface area contributed by atoms with E-state index in [9.17, 15) is 9.59 Å². The van der Waals surface area contributed by atoms with Gasteiger partial charge in [0, 0.05) is 0 Å². The molecule has 25 heavy (non-hydrogen) atoms. The molecule has 0 spiro atoms. The van der Waals surface area contributed by atoms with Gasteiger partial charge < -0.3 is 14.2 Å². The summed E-state index contributed by atoms with van der Waals surface area (Å²) < 4.78 is 16.5. The zero-order chi connectivity index (χ0) is 18.4. The number of benzene rings is 2. The maximum Gasteiger partial charge on any atom is 0.343 e. The quantitative estimate of drug-likeness (QED) is 0.370. The normalized spacial score (nSPS) is 10.4. The van der Waals surface area contributed by atoms with Gasteiger partial charge in [-0.15, -0.1) is 0 Å². The predicted octanol–water partition coefficient (Wildman–Crippen LogP) is 4.33. The summed E-state index contributed by atoms with van der Waals surface area (Å²) in [6.45, 7) is 4.30. The number of halogens is 1. The van der Waals surface area contributed by atoms with Crippen LogP contribution in [0.1, 0.15) is 34.6 Å². The molecule has 5 nitrogen and oxygen atoms in total. The standard InChI is InChI=1S/C19H19IO5/c1-12(2)11-24-18(21)13-4-7-15(8-5-13)25-19(22)14-6-9-17(23-3)16(20)10-14/h4-10,12H,11H2,1-3H3. The van der Waals surface area contributed by atoms with Crippen LogP contribution in [0, 0.1) is 9.49 Å². The van der Waals surface area contributed by atoms with Gasteiger partial charge in [-0.05, 0) is 71.0 Å².